The highest BCUT2D eigenvalue weighted by molar-refractivity contribution is 5.90. The monoisotopic (exact) mass is 437 g/mol. The van der Waals surface area contributed by atoms with Crippen LogP contribution in [-0.4, -0.2) is 67.2 Å². The average Bonchev–Trinajstić information content (AvgIpc) is 3.36. The first-order chi connectivity index (χ1) is 15.5. The second-order valence-corrected chi connectivity index (χ2v) is 7.88. The molecule has 1 N–H and O–H groups in total. The normalized spacial score (nSPS) is 13.7. The summed E-state index contributed by atoms with van der Waals surface area (Å²) in [6, 6.07) is 5.28. The van der Waals surface area contributed by atoms with Crippen molar-refractivity contribution in [3.63, 3.8) is 0 Å². The molecule has 0 atom stereocenters. The van der Waals surface area contributed by atoms with Gasteiger partial charge in [0.15, 0.2) is 5.65 Å². The van der Waals surface area contributed by atoms with Crippen molar-refractivity contribution in [3.8, 4) is 0 Å². The molecule has 1 fully saturated rings. The Morgan fingerprint density at radius 2 is 2.16 bits per heavy atom. The zero-order valence-corrected chi connectivity index (χ0v) is 17.8. The van der Waals surface area contributed by atoms with Gasteiger partial charge in [-0.2, -0.15) is 9.61 Å². The predicted molar refractivity (Wildman–Crippen MR) is 116 cm³/mol. The van der Waals surface area contributed by atoms with Crippen LogP contribution in [0.25, 0.3) is 11.2 Å². The van der Waals surface area contributed by atoms with E-state index in [-0.39, 0.29) is 18.0 Å². The van der Waals surface area contributed by atoms with Gasteiger partial charge in [0.1, 0.15) is 18.4 Å². The molecule has 1 saturated carbocycles. The quantitative estimate of drug-likeness (QED) is 0.423. The van der Waals surface area contributed by atoms with Gasteiger partial charge in [-0.1, -0.05) is 0 Å². The second kappa shape index (κ2) is 8.04. The number of likely N-dealkylation sites (N-methyl/N-ethyl adjacent to an activating group) is 1. The third kappa shape index (κ3) is 3.80. The Morgan fingerprint density at radius 3 is 2.94 bits per heavy atom. The van der Waals surface area contributed by atoms with Crippen molar-refractivity contribution in [2.75, 3.05) is 37.5 Å². The number of carbonyl (C=O) groups is 1. The SMILES string of the molecule is COCCN(C)c1nn(CC(=O)Nc2ccc3nncn3c2)c(=O)c2cc(C3CC3)nn12. The molecule has 0 bridgehead atoms. The van der Waals surface area contributed by atoms with Gasteiger partial charge in [0.2, 0.25) is 11.9 Å². The number of hydrogen-bond acceptors (Lipinski definition) is 8. The number of aromatic nitrogens is 7. The van der Waals surface area contributed by atoms with Crippen LogP contribution in [0.3, 0.4) is 0 Å². The number of ether oxygens (including phenoxy) is 1. The van der Waals surface area contributed by atoms with E-state index in [1.54, 1.807) is 40.7 Å². The lowest BCUT2D eigenvalue weighted by Crippen LogP contribution is -2.35. The van der Waals surface area contributed by atoms with Crippen molar-refractivity contribution >= 4 is 28.7 Å². The number of fused-ring (bicyclic) bond motifs is 2. The maximum Gasteiger partial charge on any atom is 0.293 e. The molecule has 12 nitrogen and oxygen atoms in total. The smallest absolute Gasteiger partial charge is 0.293 e. The van der Waals surface area contributed by atoms with E-state index in [0.29, 0.717) is 41.9 Å². The third-order valence-electron chi connectivity index (χ3n) is 5.42. The van der Waals surface area contributed by atoms with Crippen LogP contribution in [0, 0.1) is 0 Å². The van der Waals surface area contributed by atoms with E-state index < -0.39 is 0 Å². The molecule has 1 aliphatic rings. The molecule has 5 rings (SSSR count). The number of nitrogens with one attached hydrogen (secondary N) is 1. The number of anilines is 2. The molecule has 4 aromatic heterocycles. The molecule has 12 heteroatoms. The lowest BCUT2D eigenvalue weighted by Gasteiger charge is -2.19. The van der Waals surface area contributed by atoms with E-state index >= 15 is 0 Å². The topological polar surface area (TPSA) is 124 Å². The molecule has 1 amide bonds. The van der Waals surface area contributed by atoms with Crippen LogP contribution in [0.2, 0.25) is 0 Å². The van der Waals surface area contributed by atoms with Gasteiger partial charge in [-0.25, -0.2) is 4.68 Å². The maximum absolute atomic E-state index is 13.1. The number of pyridine rings is 1. The van der Waals surface area contributed by atoms with Gasteiger partial charge in [0.05, 0.1) is 18.0 Å². The number of hydrogen-bond donors (Lipinski definition) is 1. The van der Waals surface area contributed by atoms with Crippen molar-refractivity contribution in [1.82, 2.24) is 34.0 Å². The summed E-state index contributed by atoms with van der Waals surface area (Å²) in [5.41, 5.74) is 2.16. The molecule has 32 heavy (non-hydrogen) atoms. The number of methoxy groups -OCH3 is 1. The first-order valence-corrected chi connectivity index (χ1v) is 10.3. The molecule has 0 aromatic carbocycles. The van der Waals surface area contributed by atoms with Gasteiger partial charge in [0, 0.05) is 32.8 Å². The summed E-state index contributed by atoms with van der Waals surface area (Å²) in [6.07, 6.45) is 5.39. The van der Waals surface area contributed by atoms with Gasteiger partial charge < -0.3 is 15.0 Å². The molecule has 0 unspecified atom stereocenters. The molecule has 4 heterocycles. The molecule has 0 saturated heterocycles. The average molecular weight is 437 g/mol. The first-order valence-electron chi connectivity index (χ1n) is 10.3. The minimum Gasteiger partial charge on any atom is -0.383 e. The van der Waals surface area contributed by atoms with Gasteiger partial charge in [0.25, 0.3) is 5.56 Å². The summed E-state index contributed by atoms with van der Waals surface area (Å²) >= 11 is 0. The van der Waals surface area contributed by atoms with Gasteiger partial charge in [-0.05, 0) is 31.0 Å². The Bertz CT molecular complexity index is 1350. The molecule has 166 valence electrons. The number of carbonyl (C=O) groups excluding carboxylic acids is 1. The maximum atomic E-state index is 13.1. The Kier molecular flexibility index (Phi) is 5.05. The summed E-state index contributed by atoms with van der Waals surface area (Å²) < 4.78 is 9.61. The summed E-state index contributed by atoms with van der Waals surface area (Å²) in [7, 11) is 3.47. The van der Waals surface area contributed by atoms with Crippen LogP contribution >= 0.6 is 0 Å². The first kappa shape index (κ1) is 20.1. The number of amides is 1. The highest BCUT2D eigenvalue weighted by Crippen LogP contribution is 2.39. The van der Waals surface area contributed by atoms with Crippen molar-refractivity contribution in [1.29, 1.82) is 0 Å². The summed E-state index contributed by atoms with van der Waals surface area (Å²) in [5.74, 6) is 0.488. The van der Waals surface area contributed by atoms with Crippen molar-refractivity contribution in [2.24, 2.45) is 0 Å². The molecule has 0 radical (unpaired) electrons. The molecule has 0 aliphatic heterocycles. The summed E-state index contributed by atoms with van der Waals surface area (Å²) in [4.78, 5) is 27.7. The fourth-order valence-electron chi connectivity index (χ4n) is 3.52. The predicted octanol–water partition coefficient (Wildman–Crippen LogP) is 0.532. The Labute approximate surface area is 182 Å². The largest absolute Gasteiger partial charge is 0.383 e. The highest BCUT2D eigenvalue weighted by Gasteiger charge is 2.28. The fourth-order valence-corrected chi connectivity index (χ4v) is 3.52. The minimum atomic E-state index is -0.371. The van der Waals surface area contributed by atoms with E-state index in [9.17, 15) is 9.59 Å². The Balaban J connectivity index is 1.45. The minimum absolute atomic E-state index is 0.232. The Morgan fingerprint density at radius 1 is 1.31 bits per heavy atom. The number of nitrogens with zero attached hydrogens (tertiary/aromatic N) is 8. The third-order valence-corrected chi connectivity index (χ3v) is 5.42. The molecular formula is C20H23N9O3. The van der Waals surface area contributed by atoms with Crippen molar-refractivity contribution < 1.29 is 9.53 Å². The molecular weight excluding hydrogens is 414 g/mol. The highest BCUT2D eigenvalue weighted by atomic mass is 16.5. The summed E-state index contributed by atoms with van der Waals surface area (Å²) in [6.45, 7) is 0.812. The van der Waals surface area contributed by atoms with E-state index in [4.69, 9.17) is 4.74 Å². The summed E-state index contributed by atoms with van der Waals surface area (Å²) in [5, 5.41) is 19.6. The fraction of sp³-hybridized carbons (Fsp3) is 0.400. The van der Waals surface area contributed by atoms with Crippen LogP contribution < -0.4 is 15.8 Å². The van der Waals surface area contributed by atoms with Gasteiger partial charge in [-0.15, -0.1) is 15.3 Å². The standard InChI is InChI=1S/C20H23N9O3/c1-26(7-8-32-2)20-25-28(19(31)16-9-15(13-3-4-13)24-29(16)20)11-18(30)22-14-5-6-17-23-21-12-27(17)10-14/h5-6,9-10,12-13H,3-4,7-8,11H2,1-2H3,(H,22,30). The Hall–Kier alpha value is -3.80. The van der Waals surface area contributed by atoms with Crippen molar-refractivity contribution in [3.05, 3.63) is 46.8 Å². The van der Waals surface area contributed by atoms with Crippen LogP contribution in [0.5, 0.6) is 0 Å². The molecule has 1 aliphatic carbocycles. The van der Waals surface area contributed by atoms with Crippen LogP contribution in [0.15, 0.2) is 35.5 Å². The lowest BCUT2D eigenvalue weighted by atomic mass is 10.3. The van der Waals surface area contributed by atoms with Gasteiger partial charge in [-0.3, -0.25) is 14.0 Å². The van der Waals surface area contributed by atoms with E-state index in [2.05, 4.69) is 25.7 Å². The van der Waals surface area contributed by atoms with Crippen molar-refractivity contribution in [2.45, 2.75) is 25.3 Å². The second-order valence-electron chi connectivity index (χ2n) is 7.88. The van der Waals surface area contributed by atoms with E-state index in [1.807, 2.05) is 18.0 Å². The van der Waals surface area contributed by atoms with Crippen LogP contribution in [-0.2, 0) is 16.1 Å². The zero-order valence-electron chi connectivity index (χ0n) is 17.8. The van der Waals surface area contributed by atoms with Gasteiger partial charge >= 0.3 is 0 Å². The van der Waals surface area contributed by atoms with E-state index in [0.717, 1.165) is 18.5 Å². The molecule has 4 aromatic rings. The van der Waals surface area contributed by atoms with Crippen LogP contribution in [0.1, 0.15) is 24.5 Å². The number of rotatable bonds is 8. The van der Waals surface area contributed by atoms with E-state index in [1.165, 1.54) is 4.68 Å². The lowest BCUT2D eigenvalue weighted by molar-refractivity contribution is -0.117. The zero-order chi connectivity index (χ0) is 22.2. The molecule has 0 spiro atoms. The van der Waals surface area contributed by atoms with Crippen LogP contribution in [0.4, 0.5) is 11.6 Å².